The maximum atomic E-state index is 14.5. The van der Waals surface area contributed by atoms with Gasteiger partial charge in [0.05, 0.1) is 17.3 Å². The van der Waals surface area contributed by atoms with E-state index in [-0.39, 0.29) is 55.5 Å². The molecule has 1 saturated carbocycles. The van der Waals surface area contributed by atoms with E-state index in [9.17, 15) is 23.2 Å². The molecule has 1 heterocycles. The third-order valence-electron chi connectivity index (χ3n) is 5.74. The van der Waals surface area contributed by atoms with E-state index >= 15 is 0 Å². The smallest absolute Gasteiger partial charge is 0.264 e. The molecule has 2 aromatic rings. The third-order valence-corrected chi connectivity index (χ3v) is 6.28. The number of hydrogen-bond donors (Lipinski definition) is 2. The van der Waals surface area contributed by atoms with Gasteiger partial charge in [0.15, 0.2) is 18.4 Å². The topological polar surface area (TPSA) is 97.0 Å². The number of ether oxygens (including phenoxy) is 2. The van der Waals surface area contributed by atoms with Crippen molar-refractivity contribution in [3.63, 3.8) is 0 Å². The lowest BCUT2D eigenvalue weighted by atomic mass is 10.1. The second-order valence-electron chi connectivity index (χ2n) is 8.66. The number of anilines is 1. The Balaban J connectivity index is 1.25. The molecule has 0 aromatic heterocycles. The minimum atomic E-state index is -1.93. The van der Waals surface area contributed by atoms with Crippen LogP contribution in [0.4, 0.5) is 14.5 Å². The van der Waals surface area contributed by atoms with Gasteiger partial charge in [0.1, 0.15) is 17.3 Å². The molecule has 2 aliphatic rings. The number of fused-ring (bicyclic) bond motifs is 1. The minimum absolute atomic E-state index is 0.0620. The molecule has 1 unspecified atom stereocenters. The van der Waals surface area contributed by atoms with Gasteiger partial charge in [-0.25, -0.2) is 8.78 Å². The summed E-state index contributed by atoms with van der Waals surface area (Å²) < 4.78 is 38.9. The normalized spacial score (nSPS) is 17.2. The third kappa shape index (κ3) is 6.50. The number of benzene rings is 2. The summed E-state index contributed by atoms with van der Waals surface area (Å²) in [5.74, 6) is -2.05. The Hall–Kier alpha value is -3.37. The Morgan fingerprint density at radius 2 is 1.95 bits per heavy atom. The van der Waals surface area contributed by atoms with Crippen molar-refractivity contribution >= 4 is 46.6 Å². The summed E-state index contributed by atoms with van der Waals surface area (Å²) in [7, 11) is 0. The summed E-state index contributed by atoms with van der Waals surface area (Å²) >= 11 is 11.6. The van der Waals surface area contributed by atoms with Crippen LogP contribution in [-0.2, 0) is 14.4 Å². The van der Waals surface area contributed by atoms with E-state index in [4.69, 9.17) is 32.7 Å². The molecule has 12 heteroatoms. The summed E-state index contributed by atoms with van der Waals surface area (Å²) in [6.07, 6.45) is -0.616. The number of rotatable bonds is 9. The molecule has 1 fully saturated rings. The van der Waals surface area contributed by atoms with Gasteiger partial charge in [0, 0.05) is 29.8 Å². The number of nitrogens with one attached hydrogen (secondary N) is 2. The molecule has 8 nitrogen and oxygen atoms in total. The van der Waals surface area contributed by atoms with E-state index in [1.165, 1.54) is 29.2 Å². The van der Waals surface area contributed by atoms with Gasteiger partial charge >= 0.3 is 0 Å². The zero-order valence-corrected chi connectivity index (χ0v) is 21.0. The van der Waals surface area contributed by atoms with Crippen molar-refractivity contribution in [2.24, 2.45) is 0 Å². The second kappa shape index (κ2) is 10.9. The summed E-state index contributed by atoms with van der Waals surface area (Å²) in [6, 6.07) is 8.36. The molecule has 2 aromatic carbocycles. The summed E-state index contributed by atoms with van der Waals surface area (Å²) in [4.78, 5) is 38.7. The Kier molecular flexibility index (Phi) is 7.89. The summed E-state index contributed by atoms with van der Waals surface area (Å²) in [5, 5.41) is 5.47. The van der Waals surface area contributed by atoms with Gasteiger partial charge in [-0.2, -0.15) is 0 Å². The molecule has 4 rings (SSSR count). The molecule has 1 atom stereocenters. The van der Waals surface area contributed by atoms with Crippen LogP contribution < -0.4 is 25.0 Å². The molecular formula is C25H23Cl2F2N3O5. The number of hydrogen-bond acceptors (Lipinski definition) is 5. The quantitative estimate of drug-likeness (QED) is 0.490. The number of nitrogens with zero attached hydrogens (tertiary/aromatic N) is 1. The standard InChI is InChI=1S/C25H23Cl2F2N3O5/c1-14(31-22(33)13-36-16-3-4-17(27)18(28)11-16)6-9-30-23(34)21-12-32(24(35)25(29)7-8-25)19-10-15(26)2-5-20(19)37-21/h2-5,10-11,21H,1,6-9,12-13H2,(H,30,34)(H,31,33). The van der Waals surface area contributed by atoms with Crippen LogP contribution in [0.3, 0.4) is 0 Å². The van der Waals surface area contributed by atoms with Crippen LogP contribution in [-0.4, -0.2) is 49.2 Å². The van der Waals surface area contributed by atoms with Gasteiger partial charge in [0.25, 0.3) is 17.7 Å². The van der Waals surface area contributed by atoms with E-state index in [0.29, 0.717) is 16.4 Å². The van der Waals surface area contributed by atoms with Crippen LogP contribution in [0, 0.1) is 5.82 Å². The minimum Gasteiger partial charge on any atom is -0.484 e. The fraction of sp³-hybridized carbons (Fsp3) is 0.320. The van der Waals surface area contributed by atoms with Gasteiger partial charge in [-0.3, -0.25) is 14.4 Å². The van der Waals surface area contributed by atoms with E-state index in [2.05, 4.69) is 17.2 Å². The summed E-state index contributed by atoms with van der Waals surface area (Å²) in [5.41, 5.74) is -1.31. The maximum Gasteiger partial charge on any atom is 0.264 e. The molecule has 0 radical (unpaired) electrons. The fourth-order valence-corrected chi connectivity index (χ4v) is 3.90. The van der Waals surface area contributed by atoms with Crippen molar-refractivity contribution in [3.05, 3.63) is 64.5 Å². The van der Waals surface area contributed by atoms with Crippen molar-refractivity contribution in [1.82, 2.24) is 10.6 Å². The van der Waals surface area contributed by atoms with E-state index in [1.54, 1.807) is 6.07 Å². The number of carbonyl (C=O) groups excluding carboxylic acids is 3. The Labute approximate surface area is 221 Å². The molecular weight excluding hydrogens is 531 g/mol. The number of carbonyl (C=O) groups is 3. The second-order valence-corrected chi connectivity index (χ2v) is 9.50. The fourth-order valence-electron chi connectivity index (χ4n) is 3.61. The van der Waals surface area contributed by atoms with Gasteiger partial charge < -0.3 is 25.0 Å². The first kappa shape index (κ1) is 26.7. The highest BCUT2D eigenvalue weighted by Crippen LogP contribution is 2.45. The van der Waals surface area contributed by atoms with E-state index in [0.717, 1.165) is 6.07 Å². The predicted molar refractivity (Wildman–Crippen MR) is 133 cm³/mol. The number of amides is 3. The first-order chi connectivity index (χ1) is 17.6. The molecule has 0 saturated heterocycles. The van der Waals surface area contributed by atoms with Gasteiger partial charge in [-0.15, -0.1) is 0 Å². The summed E-state index contributed by atoms with van der Waals surface area (Å²) in [6.45, 7) is 3.28. The molecule has 2 N–H and O–H groups in total. The maximum absolute atomic E-state index is 14.5. The van der Waals surface area contributed by atoms with Crippen LogP contribution in [0.5, 0.6) is 11.5 Å². The Morgan fingerprint density at radius 3 is 2.65 bits per heavy atom. The zero-order chi connectivity index (χ0) is 26.7. The molecule has 196 valence electrons. The Morgan fingerprint density at radius 1 is 1.19 bits per heavy atom. The van der Waals surface area contributed by atoms with Gasteiger partial charge in [0.2, 0.25) is 0 Å². The highest BCUT2D eigenvalue weighted by molar-refractivity contribution is 6.31. The largest absolute Gasteiger partial charge is 0.484 e. The number of halogens is 4. The van der Waals surface area contributed by atoms with Crippen molar-refractivity contribution in [3.8, 4) is 11.5 Å². The van der Waals surface area contributed by atoms with Gasteiger partial charge in [-0.1, -0.05) is 29.8 Å². The lowest BCUT2D eigenvalue weighted by molar-refractivity contribution is -0.129. The molecule has 1 aliphatic carbocycles. The van der Waals surface area contributed by atoms with Crippen LogP contribution >= 0.6 is 23.2 Å². The van der Waals surface area contributed by atoms with Crippen LogP contribution in [0.25, 0.3) is 0 Å². The number of alkyl halides is 1. The zero-order valence-electron chi connectivity index (χ0n) is 19.5. The highest BCUT2D eigenvalue weighted by atomic mass is 35.5. The van der Waals surface area contributed by atoms with Crippen LogP contribution in [0.15, 0.2) is 48.7 Å². The first-order valence-corrected chi connectivity index (χ1v) is 12.1. The first-order valence-electron chi connectivity index (χ1n) is 11.4. The highest BCUT2D eigenvalue weighted by Gasteiger charge is 2.54. The van der Waals surface area contributed by atoms with Crippen LogP contribution in [0.2, 0.25) is 10.0 Å². The van der Waals surface area contributed by atoms with Crippen molar-refractivity contribution in [1.29, 1.82) is 0 Å². The molecule has 3 amide bonds. The van der Waals surface area contributed by atoms with Crippen molar-refractivity contribution in [2.75, 3.05) is 24.6 Å². The van der Waals surface area contributed by atoms with E-state index in [1.807, 2.05) is 0 Å². The SMILES string of the molecule is C=C(CCNC(=O)C1CN(C(=O)C2(F)CC2)c2cc(Cl)ccc2O1)NC(=O)COc1ccc(Cl)c(F)c1. The Bertz CT molecular complexity index is 1250. The lowest BCUT2D eigenvalue weighted by Gasteiger charge is -2.35. The average Bonchev–Trinajstić information content (AvgIpc) is 3.62. The molecule has 37 heavy (non-hydrogen) atoms. The van der Waals surface area contributed by atoms with Gasteiger partial charge in [-0.05, 0) is 43.2 Å². The van der Waals surface area contributed by atoms with Crippen molar-refractivity contribution < 1.29 is 32.6 Å². The molecule has 0 spiro atoms. The van der Waals surface area contributed by atoms with E-state index < -0.39 is 35.3 Å². The molecule has 0 bridgehead atoms. The lowest BCUT2D eigenvalue weighted by Crippen LogP contribution is -2.53. The van der Waals surface area contributed by atoms with Crippen LogP contribution in [0.1, 0.15) is 19.3 Å². The monoisotopic (exact) mass is 553 g/mol. The van der Waals surface area contributed by atoms with Crippen molar-refractivity contribution in [2.45, 2.75) is 31.0 Å². The predicted octanol–water partition coefficient (Wildman–Crippen LogP) is 3.94. The molecule has 1 aliphatic heterocycles. The average molecular weight is 554 g/mol.